The van der Waals surface area contributed by atoms with Crippen molar-refractivity contribution in [3.05, 3.63) is 29.3 Å². The molecule has 0 unspecified atom stereocenters. The molecule has 98 valence electrons. The lowest BCUT2D eigenvalue weighted by molar-refractivity contribution is -0.129. The van der Waals surface area contributed by atoms with Crippen molar-refractivity contribution in [3.8, 4) is 5.75 Å². The number of Topliss-reactive ketones (excluding diaryl/α,β-unsaturated/α-hetero) is 1. The fraction of sp³-hybridized carbons (Fsp3) is 0.562. The predicted molar refractivity (Wildman–Crippen MR) is 73.3 cm³/mol. The summed E-state index contributed by atoms with van der Waals surface area (Å²) in [7, 11) is 0. The zero-order valence-corrected chi connectivity index (χ0v) is 11.7. The molecular weight excluding hydrogens is 224 g/mol. The smallest absolute Gasteiger partial charge is 0.140 e. The van der Waals surface area contributed by atoms with Gasteiger partial charge in [0.05, 0.1) is 0 Å². The predicted octanol–water partition coefficient (Wildman–Crippen LogP) is 4.04. The quantitative estimate of drug-likeness (QED) is 0.801. The number of carbonyl (C=O) groups is 1. The Hall–Kier alpha value is -1.31. The van der Waals surface area contributed by atoms with Crippen LogP contribution in [0.3, 0.4) is 0 Å². The summed E-state index contributed by atoms with van der Waals surface area (Å²) in [5, 5.41) is 0. The molecule has 0 aliphatic heterocycles. The van der Waals surface area contributed by atoms with Crippen LogP contribution in [-0.4, -0.2) is 11.9 Å². The summed E-state index contributed by atoms with van der Waals surface area (Å²) in [6, 6.07) is 6.36. The third-order valence-corrected chi connectivity index (χ3v) is 3.52. The lowest BCUT2D eigenvalue weighted by Crippen LogP contribution is -2.34. The first-order chi connectivity index (χ1) is 8.49. The maximum absolute atomic E-state index is 11.1. The molecule has 0 spiro atoms. The van der Waals surface area contributed by atoms with Gasteiger partial charge >= 0.3 is 0 Å². The largest absolute Gasteiger partial charge is 0.489 e. The van der Waals surface area contributed by atoms with Gasteiger partial charge in [0, 0.05) is 12.8 Å². The van der Waals surface area contributed by atoms with E-state index >= 15 is 0 Å². The minimum absolute atomic E-state index is 0.0925. The molecular formula is C16H22O2. The van der Waals surface area contributed by atoms with E-state index in [-0.39, 0.29) is 6.10 Å². The highest BCUT2D eigenvalue weighted by molar-refractivity contribution is 5.85. The molecule has 18 heavy (non-hydrogen) atoms. The Bertz CT molecular complexity index is 412. The summed E-state index contributed by atoms with van der Waals surface area (Å²) in [5.41, 5.74) is 2.50. The number of carbonyl (C=O) groups excluding carboxylic acids is 1. The summed E-state index contributed by atoms with van der Waals surface area (Å²) < 4.78 is 6.08. The number of rotatable bonds is 4. The van der Waals surface area contributed by atoms with Crippen LogP contribution >= 0.6 is 0 Å². The van der Waals surface area contributed by atoms with Gasteiger partial charge < -0.3 is 4.74 Å². The summed E-state index contributed by atoms with van der Waals surface area (Å²) in [6.07, 6.45) is 1.24. The van der Waals surface area contributed by atoms with Crippen molar-refractivity contribution in [2.45, 2.75) is 58.5 Å². The van der Waals surface area contributed by atoms with E-state index < -0.39 is 0 Å². The number of hydrogen-bond acceptors (Lipinski definition) is 2. The van der Waals surface area contributed by atoms with Crippen molar-refractivity contribution < 1.29 is 9.53 Å². The SMILES string of the molecule is CC(C)c1cccc(C(C)C)c1OC1CC(=O)C1. The Morgan fingerprint density at radius 2 is 1.56 bits per heavy atom. The van der Waals surface area contributed by atoms with Crippen molar-refractivity contribution in [1.82, 2.24) is 0 Å². The molecule has 1 aromatic rings. The maximum Gasteiger partial charge on any atom is 0.140 e. The van der Waals surface area contributed by atoms with E-state index in [9.17, 15) is 4.79 Å². The summed E-state index contributed by atoms with van der Waals surface area (Å²) in [5.74, 6) is 2.21. The molecule has 0 bridgehead atoms. The second kappa shape index (κ2) is 5.13. The number of para-hydroxylation sites is 1. The van der Waals surface area contributed by atoms with Crippen molar-refractivity contribution in [2.24, 2.45) is 0 Å². The molecule has 0 N–H and O–H groups in total. The van der Waals surface area contributed by atoms with E-state index in [1.54, 1.807) is 0 Å². The van der Waals surface area contributed by atoms with Crippen LogP contribution in [0.1, 0.15) is 63.5 Å². The third-order valence-electron chi connectivity index (χ3n) is 3.52. The highest BCUT2D eigenvalue weighted by Gasteiger charge is 2.30. The van der Waals surface area contributed by atoms with Crippen LogP contribution in [0.2, 0.25) is 0 Å². The van der Waals surface area contributed by atoms with Gasteiger partial charge in [-0.25, -0.2) is 0 Å². The Morgan fingerprint density at radius 1 is 1.06 bits per heavy atom. The van der Waals surface area contributed by atoms with Crippen LogP contribution in [0.5, 0.6) is 5.75 Å². The fourth-order valence-corrected chi connectivity index (χ4v) is 2.32. The molecule has 0 radical (unpaired) electrons. The number of ketones is 1. The molecule has 2 heteroatoms. The molecule has 1 aromatic carbocycles. The first-order valence-electron chi connectivity index (χ1n) is 6.80. The molecule has 1 aliphatic rings. The topological polar surface area (TPSA) is 26.3 Å². The maximum atomic E-state index is 11.1. The van der Waals surface area contributed by atoms with E-state index in [4.69, 9.17) is 4.74 Å². The second-order valence-corrected chi connectivity index (χ2v) is 5.76. The monoisotopic (exact) mass is 246 g/mol. The molecule has 2 rings (SSSR count). The standard InChI is InChI=1S/C16H22O2/c1-10(2)14-6-5-7-15(11(3)4)16(14)18-13-8-12(17)9-13/h5-7,10-11,13H,8-9H2,1-4H3. The van der Waals surface area contributed by atoms with E-state index in [0.29, 0.717) is 30.5 Å². The van der Waals surface area contributed by atoms with Crippen molar-refractivity contribution >= 4 is 5.78 Å². The Labute approximate surface area is 109 Å². The van der Waals surface area contributed by atoms with E-state index in [1.807, 2.05) is 0 Å². The van der Waals surface area contributed by atoms with Crippen LogP contribution < -0.4 is 4.74 Å². The van der Waals surface area contributed by atoms with Gasteiger partial charge in [-0.3, -0.25) is 4.79 Å². The van der Waals surface area contributed by atoms with Gasteiger partial charge in [-0.2, -0.15) is 0 Å². The zero-order chi connectivity index (χ0) is 13.3. The molecule has 1 saturated carbocycles. The summed E-state index contributed by atoms with van der Waals surface area (Å²) >= 11 is 0. The van der Waals surface area contributed by atoms with Crippen molar-refractivity contribution in [2.75, 3.05) is 0 Å². The molecule has 1 fully saturated rings. The van der Waals surface area contributed by atoms with Crippen LogP contribution in [0.4, 0.5) is 0 Å². The highest BCUT2D eigenvalue weighted by Crippen LogP contribution is 2.36. The second-order valence-electron chi connectivity index (χ2n) is 5.76. The van der Waals surface area contributed by atoms with Crippen LogP contribution in [-0.2, 0) is 4.79 Å². The minimum Gasteiger partial charge on any atom is -0.489 e. The molecule has 0 atom stereocenters. The Morgan fingerprint density at radius 3 is 1.94 bits per heavy atom. The number of benzene rings is 1. The highest BCUT2D eigenvalue weighted by atomic mass is 16.5. The van der Waals surface area contributed by atoms with Crippen molar-refractivity contribution in [1.29, 1.82) is 0 Å². The summed E-state index contributed by atoms with van der Waals surface area (Å²) in [4.78, 5) is 11.1. The summed E-state index contributed by atoms with van der Waals surface area (Å²) in [6.45, 7) is 8.72. The van der Waals surface area contributed by atoms with Crippen LogP contribution in [0, 0.1) is 0 Å². The average molecular weight is 246 g/mol. The number of hydrogen-bond donors (Lipinski definition) is 0. The van der Waals surface area contributed by atoms with E-state index in [2.05, 4.69) is 45.9 Å². The molecule has 0 saturated heterocycles. The zero-order valence-electron chi connectivity index (χ0n) is 11.7. The number of ether oxygens (including phenoxy) is 1. The van der Waals surface area contributed by atoms with E-state index in [0.717, 1.165) is 5.75 Å². The van der Waals surface area contributed by atoms with Crippen LogP contribution in [0.25, 0.3) is 0 Å². The molecule has 0 aromatic heterocycles. The van der Waals surface area contributed by atoms with Crippen LogP contribution in [0.15, 0.2) is 18.2 Å². The molecule has 2 nitrogen and oxygen atoms in total. The molecule has 1 aliphatic carbocycles. The first kappa shape index (κ1) is 13.1. The fourth-order valence-electron chi connectivity index (χ4n) is 2.32. The first-order valence-corrected chi connectivity index (χ1v) is 6.80. The Balaban J connectivity index is 2.31. The van der Waals surface area contributed by atoms with Gasteiger partial charge in [0.1, 0.15) is 17.6 Å². The van der Waals surface area contributed by atoms with Gasteiger partial charge in [-0.05, 0) is 23.0 Å². The van der Waals surface area contributed by atoms with Gasteiger partial charge in [0.15, 0.2) is 0 Å². The Kier molecular flexibility index (Phi) is 3.74. The van der Waals surface area contributed by atoms with Gasteiger partial charge in [0.2, 0.25) is 0 Å². The van der Waals surface area contributed by atoms with Gasteiger partial charge in [-0.1, -0.05) is 45.9 Å². The minimum atomic E-state index is 0.0925. The lowest BCUT2D eigenvalue weighted by atomic mass is 9.91. The molecule has 0 amide bonds. The van der Waals surface area contributed by atoms with E-state index in [1.165, 1.54) is 11.1 Å². The normalized spacial score (nSPS) is 16.2. The molecule has 0 heterocycles. The van der Waals surface area contributed by atoms with Crippen molar-refractivity contribution in [3.63, 3.8) is 0 Å². The van der Waals surface area contributed by atoms with Gasteiger partial charge in [0.25, 0.3) is 0 Å². The van der Waals surface area contributed by atoms with Gasteiger partial charge in [-0.15, -0.1) is 0 Å². The third kappa shape index (κ3) is 2.58. The lowest BCUT2D eigenvalue weighted by Gasteiger charge is -2.29. The average Bonchev–Trinajstić information content (AvgIpc) is 2.26.